The molecule has 2 aromatic rings. The zero-order valence-electron chi connectivity index (χ0n) is 15.2. The van der Waals surface area contributed by atoms with Gasteiger partial charge < -0.3 is 24.2 Å². The van der Waals surface area contributed by atoms with Crippen molar-refractivity contribution in [1.29, 1.82) is 0 Å². The molecule has 1 fully saturated rings. The van der Waals surface area contributed by atoms with Gasteiger partial charge in [-0.25, -0.2) is 0 Å². The highest BCUT2D eigenvalue weighted by molar-refractivity contribution is 5.92. The van der Waals surface area contributed by atoms with Gasteiger partial charge in [-0.2, -0.15) is 0 Å². The Morgan fingerprint density at radius 3 is 2.92 bits per heavy atom. The average molecular weight is 359 g/mol. The Morgan fingerprint density at radius 2 is 2.19 bits per heavy atom. The molecule has 7 nitrogen and oxygen atoms in total. The Balaban J connectivity index is 1.47. The number of rotatable bonds is 8. The summed E-state index contributed by atoms with van der Waals surface area (Å²) < 4.78 is 16.1. The van der Waals surface area contributed by atoms with Crippen LogP contribution in [0.2, 0.25) is 0 Å². The number of carbonyl (C=O) groups is 1. The molecular weight excluding hydrogens is 334 g/mol. The maximum absolute atomic E-state index is 12.2. The van der Waals surface area contributed by atoms with Crippen LogP contribution in [0.15, 0.2) is 34.9 Å². The number of benzene rings is 1. The van der Waals surface area contributed by atoms with Gasteiger partial charge in [0.2, 0.25) is 0 Å². The average Bonchev–Trinajstić information content (AvgIpc) is 3.29. The van der Waals surface area contributed by atoms with E-state index >= 15 is 0 Å². The minimum atomic E-state index is -0.224. The predicted octanol–water partition coefficient (Wildman–Crippen LogP) is 2.48. The molecule has 0 aliphatic carbocycles. The van der Waals surface area contributed by atoms with Gasteiger partial charge in [-0.1, -0.05) is 17.3 Å². The van der Waals surface area contributed by atoms with E-state index in [4.69, 9.17) is 14.0 Å². The molecule has 1 saturated heterocycles. The lowest BCUT2D eigenvalue weighted by atomic mass is 10.1. The summed E-state index contributed by atoms with van der Waals surface area (Å²) in [7, 11) is 3.72. The Hall–Kier alpha value is -2.54. The number of ether oxygens (including phenoxy) is 2. The molecule has 1 aromatic heterocycles. The Bertz CT molecular complexity index is 731. The zero-order valence-corrected chi connectivity index (χ0v) is 15.2. The number of hydrogen-bond acceptors (Lipinski definition) is 6. The van der Waals surface area contributed by atoms with Crippen LogP contribution in [-0.4, -0.2) is 49.3 Å². The summed E-state index contributed by atoms with van der Waals surface area (Å²) >= 11 is 0. The van der Waals surface area contributed by atoms with Gasteiger partial charge in [0.15, 0.2) is 23.0 Å². The molecule has 0 radical (unpaired) electrons. The fraction of sp³-hybridized carbons (Fsp3) is 0.474. The summed E-state index contributed by atoms with van der Waals surface area (Å²) in [5, 5.41) is 6.73. The van der Waals surface area contributed by atoms with E-state index < -0.39 is 0 Å². The van der Waals surface area contributed by atoms with Crippen LogP contribution in [-0.2, 0) is 6.61 Å². The first kappa shape index (κ1) is 18.3. The molecule has 0 saturated carbocycles. The number of nitrogens with one attached hydrogen (secondary N) is 1. The van der Waals surface area contributed by atoms with Crippen molar-refractivity contribution < 1.29 is 18.8 Å². The number of methoxy groups -OCH3 is 1. The smallest absolute Gasteiger partial charge is 0.273 e. The lowest BCUT2D eigenvalue weighted by molar-refractivity contribution is 0.0941. The van der Waals surface area contributed by atoms with Gasteiger partial charge in [-0.05, 0) is 45.0 Å². The molecule has 1 aromatic carbocycles. The lowest BCUT2D eigenvalue weighted by Gasteiger charge is -2.18. The minimum Gasteiger partial charge on any atom is -0.493 e. The van der Waals surface area contributed by atoms with E-state index in [1.807, 2.05) is 24.3 Å². The number of carbonyl (C=O) groups excluding carboxylic acids is 1. The van der Waals surface area contributed by atoms with E-state index in [1.54, 1.807) is 13.2 Å². The van der Waals surface area contributed by atoms with Crippen molar-refractivity contribution in [1.82, 2.24) is 15.4 Å². The molecule has 1 unspecified atom stereocenters. The van der Waals surface area contributed by atoms with Gasteiger partial charge in [-0.3, -0.25) is 4.79 Å². The molecule has 7 heteroatoms. The second-order valence-corrected chi connectivity index (χ2v) is 6.44. The van der Waals surface area contributed by atoms with Crippen LogP contribution in [0.25, 0.3) is 0 Å². The summed E-state index contributed by atoms with van der Waals surface area (Å²) in [5.74, 6) is 1.51. The van der Waals surface area contributed by atoms with E-state index in [-0.39, 0.29) is 18.2 Å². The van der Waals surface area contributed by atoms with Gasteiger partial charge in [0.1, 0.15) is 6.61 Å². The summed E-state index contributed by atoms with van der Waals surface area (Å²) in [4.78, 5) is 14.5. The van der Waals surface area contributed by atoms with Crippen LogP contribution >= 0.6 is 0 Å². The van der Waals surface area contributed by atoms with E-state index in [0.29, 0.717) is 29.8 Å². The standard InChI is InChI=1S/C19H25N3O4/c1-22-11-5-6-14(22)9-10-20-19(23)16-12-15(26-21-16)13-25-18-8-4-3-7-17(18)24-2/h3-4,7-8,12,14H,5-6,9-11,13H2,1-2H3,(H,20,23). The molecular formula is C19H25N3O4. The van der Waals surface area contributed by atoms with Crippen LogP contribution in [0.1, 0.15) is 35.5 Å². The third-order valence-corrected chi connectivity index (χ3v) is 4.67. The zero-order chi connectivity index (χ0) is 18.4. The normalized spacial score (nSPS) is 17.2. The molecule has 1 aliphatic heterocycles. The highest BCUT2D eigenvalue weighted by Gasteiger charge is 2.21. The number of likely N-dealkylation sites (tertiary alicyclic amines) is 1. The van der Waals surface area contributed by atoms with Crippen molar-refractivity contribution in [2.24, 2.45) is 0 Å². The molecule has 1 aliphatic rings. The molecule has 1 amide bonds. The maximum Gasteiger partial charge on any atom is 0.273 e. The number of hydrogen-bond donors (Lipinski definition) is 1. The minimum absolute atomic E-state index is 0.174. The molecule has 3 rings (SSSR count). The molecule has 0 bridgehead atoms. The first-order valence-electron chi connectivity index (χ1n) is 8.87. The quantitative estimate of drug-likeness (QED) is 0.780. The third-order valence-electron chi connectivity index (χ3n) is 4.67. The van der Waals surface area contributed by atoms with Gasteiger partial charge >= 0.3 is 0 Å². The highest BCUT2D eigenvalue weighted by Crippen LogP contribution is 2.26. The first-order valence-corrected chi connectivity index (χ1v) is 8.87. The molecule has 0 spiro atoms. The van der Waals surface area contributed by atoms with Gasteiger partial charge in [0.25, 0.3) is 5.91 Å². The molecule has 140 valence electrons. The summed E-state index contributed by atoms with van der Waals surface area (Å²) in [6, 6.07) is 9.51. The summed E-state index contributed by atoms with van der Waals surface area (Å²) in [5.41, 5.74) is 0.267. The predicted molar refractivity (Wildman–Crippen MR) is 96.4 cm³/mol. The van der Waals surface area contributed by atoms with Crippen LogP contribution in [0.3, 0.4) is 0 Å². The monoisotopic (exact) mass is 359 g/mol. The van der Waals surface area contributed by atoms with E-state index in [0.717, 1.165) is 13.0 Å². The van der Waals surface area contributed by atoms with Crippen LogP contribution in [0, 0.1) is 0 Å². The Labute approximate surface area is 153 Å². The van der Waals surface area contributed by atoms with Crippen LogP contribution < -0.4 is 14.8 Å². The molecule has 1 N–H and O–H groups in total. The topological polar surface area (TPSA) is 76.8 Å². The van der Waals surface area contributed by atoms with Crippen LogP contribution in [0.4, 0.5) is 0 Å². The van der Waals surface area contributed by atoms with Gasteiger partial charge in [0.05, 0.1) is 7.11 Å². The Kier molecular flexibility index (Phi) is 6.12. The Morgan fingerprint density at radius 1 is 1.38 bits per heavy atom. The van der Waals surface area contributed by atoms with Crippen molar-refractivity contribution in [3.63, 3.8) is 0 Å². The van der Waals surface area contributed by atoms with Crippen molar-refractivity contribution in [2.45, 2.75) is 31.9 Å². The van der Waals surface area contributed by atoms with Crippen molar-refractivity contribution in [3.05, 3.63) is 41.8 Å². The van der Waals surface area contributed by atoms with E-state index in [9.17, 15) is 4.79 Å². The van der Waals surface area contributed by atoms with Crippen molar-refractivity contribution in [3.8, 4) is 11.5 Å². The van der Waals surface area contributed by atoms with Gasteiger partial charge in [0, 0.05) is 18.7 Å². The molecule has 2 heterocycles. The summed E-state index contributed by atoms with van der Waals surface area (Å²) in [6.45, 7) is 1.94. The fourth-order valence-corrected chi connectivity index (χ4v) is 3.16. The first-order chi connectivity index (χ1) is 12.7. The number of nitrogens with zero attached hydrogens (tertiary/aromatic N) is 2. The third kappa shape index (κ3) is 4.54. The van der Waals surface area contributed by atoms with Gasteiger partial charge in [-0.15, -0.1) is 0 Å². The maximum atomic E-state index is 12.2. The molecule has 26 heavy (non-hydrogen) atoms. The largest absolute Gasteiger partial charge is 0.493 e. The fourth-order valence-electron chi connectivity index (χ4n) is 3.16. The number of amides is 1. The number of aromatic nitrogens is 1. The van der Waals surface area contributed by atoms with E-state index in [1.165, 1.54) is 12.8 Å². The summed E-state index contributed by atoms with van der Waals surface area (Å²) in [6.07, 6.45) is 3.37. The lowest BCUT2D eigenvalue weighted by Crippen LogP contribution is -2.31. The second-order valence-electron chi connectivity index (χ2n) is 6.44. The molecule has 1 atom stereocenters. The highest BCUT2D eigenvalue weighted by atomic mass is 16.5. The second kappa shape index (κ2) is 8.71. The number of para-hydroxylation sites is 2. The SMILES string of the molecule is COc1ccccc1OCc1cc(C(=O)NCCC2CCCN2C)no1. The van der Waals surface area contributed by atoms with Crippen LogP contribution in [0.5, 0.6) is 11.5 Å². The van der Waals surface area contributed by atoms with Crippen molar-refractivity contribution in [2.75, 3.05) is 27.2 Å². The van der Waals surface area contributed by atoms with E-state index in [2.05, 4.69) is 22.4 Å². The van der Waals surface area contributed by atoms with Crippen molar-refractivity contribution >= 4 is 5.91 Å².